The monoisotopic (exact) mass is 312 g/mol. The van der Waals surface area contributed by atoms with Crippen LogP contribution in [0, 0.1) is 5.92 Å². The van der Waals surface area contributed by atoms with Crippen molar-refractivity contribution < 1.29 is 9.90 Å². The lowest BCUT2D eigenvalue weighted by atomic mass is 9.72. The summed E-state index contributed by atoms with van der Waals surface area (Å²) in [5.41, 5.74) is 4.06. The molecule has 3 atom stereocenters. The molecule has 23 heavy (non-hydrogen) atoms. The molecule has 1 aliphatic carbocycles. The number of nitrogens with zero attached hydrogens (tertiary/aromatic N) is 2. The van der Waals surface area contributed by atoms with Crippen LogP contribution >= 0.6 is 0 Å². The number of aryl methyl sites for hydroxylation is 1. The third-order valence-electron chi connectivity index (χ3n) is 5.74. The molecule has 1 aromatic carbocycles. The molecule has 0 amide bonds. The predicted octanol–water partition coefficient (Wildman–Crippen LogP) is 3.00. The number of rotatable bonds is 3. The number of piperidine rings is 1. The minimum Gasteiger partial charge on any atom is -0.481 e. The summed E-state index contributed by atoms with van der Waals surface area (Å²) in [4.78, 5) is 14.1. The molecule has 0 saturated carbocycles. The van der Waals surface area contributed by atoms with Crippen LogP contribution in [0.5, 0.6) is 0 Å². The summed E-state index contributed by atoms with van der Waals surface area (Å²) in [6.45, 7) is 3.86. The van der Waals surface area contributed by atoms with E-state index >= 15 is 0 Å². The fourth-order valence-electron chi connectivity index (χ4n) is 4.80. The first-order valence-electron chi connectivity index (χ1n) is 8.63. The topological polar surface area (TPSA) is 45.5 Å². The molecule has 2 aromatic rings. The van der Waals surface area contributed by atoms with E-state index in [9.17, 15) is 9.90 Å². The number of likely N-dealkylation sites (tertiary alicyclic amines) is 1. The minimum atomic E-state index is -0.643. The summed E-state index contributed by atoms with van der Waals surface area (Å²) in [6.07, 6.45) is 5.15. The summed E-state index contributed by atoms with van der Waals surface area (Å²) >= 11 is 0. The van der Waals surface area contributed by atoms with Gasteiger partial charge in [0, 0.05) is 42.7 Å². The van der Waals surface area contributed by atoms with Gasteiger partial charge in [-0.05, 0) is 43.0 Å². The van der Waals surface area contributed by atoms with Crippen molar-refractivity contribution in [3.8, 4) is 0 Å². The van der Waals surface area contributed by atoms with Crippen LogP contribution in [0.25, 0.3) is 10.9 Å². The Bertz CT molecular complexity index is 764. The predicted molar refractivity (Wildman–Crippen MR) is 90.8 cm³/mol. The van der Waals surface area contributed by atoms with Crippen LogP contribution in [0.3, 0.4) is 0 Å². The summed E-state index contributed by atoms with van der Waals surface area (Å²) < 4.78 is 2.21. The fourth-order valence-corrected chi connectivity index (χ4v) is 4.80. The minimum absolute atomic E-state index is 0.247. The molecule has 4 heteroatoms. The molecule has 1 saturated heterocycles. The molecule has 1 fully saturated rings. The van der Waals surface area contributed by atoms with Crippen LogP contribution in [0.1, 0.15) is 36.8 Å². The fraction of sp³-hybridized carbons (Fsp3) is 0.526. The van der Waals surface area contributed by atoms with Gasteiger partial charge in [-0.3, -0.25) is 9.69 Å². The average Bonchev–Trinajstić information content (AvgIpc) is 2.86. The van der Waals surface area contributed by atoms with Gasteiger partial charge in [-0.15, -0.1) is 0 Å². The normalized spacial score (nSPS) is 27.1. The van der Waals surface area contributed by atoms with Crippen LogP contribution < -0.4 is 0 Å². The van der Waals surface area contributed by atoms with Gasteiger partial charge in [0.15, 0.2) is 0 Å². The van der Waals surface area contributed by atoms with E-state index in [2.05, 4.69) is 47.8 Å². The van der Waals surface area contributed by atoms with Crippen LogP contribution in [0.15, 0.2) is 24.4 Å². The zero-order valence-corrected chi connectivity index (χ0v) is 13.8. The maximum absolute atomic E-state index is 11.6. The van der Waals surface area contributed by atoms with Crippen molar-refractivity contribution in [2.45, 2.75) is 38.1 Å². The summed E-state index contributed by atoms with van der Waals surface area (Å²) in [5, 5.41) is 11.0. The first-order valence-corrected chi connectivity index (χ1v) is 8.63. The van der Waals surface area contributed by atoms with Crippen molar-refractivity contribution in [1.82, 2.24) is 9.47 Å². The zero-order valence-electron chi connectivity index (χ0n) is 13.8. The van der Waals surface area contributed by atoms with Crippen molar-refractivity contribution >= 4 is 16.9 Å². The second-order valence-corrected chi connectivity index (χ2v) is 7.15. The largest absolute Gasteiger partial charge is 0.481 e. The second kappa shape index (κ2) is 5.38. The van der Waals surface area contributed by atoms with Gasteiger partial charge < -0.3 is 9.67 Å². The molecule has 0 radical (unpaired) electrons. The van der Waals surface area contributed by atoms with Crippen LogP contribution in [-0.2, 0) is 18.3 Å². The lowest BCUT2D eigenvalue weighted by Crippen LogP contribution is -2.51. The molecule has 1 aromatic heterocycles. The number of hydrogen-bond donors (Lipinski definition) is 1. The zero-order chi connectivity index (χ0) is 16.1. The molecule has 2 heterocycles. The molecular formula is C19H24N2O2. The molecule has 0 spiro atoms. The molecule has 2 aliphatic rings. The van der Waals surface area contributed by atoms with E-state index in [0.717, 1.165) is 25.8 Å². The van der Waals surface area contributed by atoms with E-state index in [1.54, 1.807) is 0 Å². The Balaban J connectivity index is 1.83. The quantitative estimate of drug-likeness (QED) is 0.947. The number of aromatic nitrogens is 1. The van der Waals surface area contributed by atoms with Crippen LogP contribution in [-0.4, -0.2) is 39.7 Å². The van der Waals surface area contributed by atoms with Gasteiger partial charge in [0.2, 0.25) is 0 Å². The molecular weight excluding hydrogens is 288 g/mol. The lowest BCUT2D eigenvalue weighted by Gasteiger charge is -2.46. The Morgan fingerprint density at radius 1 is 1.39 bits per heavy atom. The summed E-state index contributed by atoms with van der Waals surface area (Å²) in [7, 11) is 2.11. The van der Waals surface area contributed by atoms with Gasteiger partial charge in [-0.25, -0.2) is 0 Å². The van der Waals surface area contributed by atoms with Crippen molar-refractivity contribution in [3.05, 3.63) is 35.5 Å². The van der Waals surface area contributed by atoms with E-state index < -0.39 is 5.97 Å². The third-order valence-corrected chi connectivity index (χ3v) is 5.74. The highest BCUT2D eigenvalue weighted by Crippen LogP contribution is 2.45. The molecule has 122 valence electrons. The van der Waals surface area contributed by atoms with E-state index in [-0.39, 0.29) is 5.92 Å². The maximum atomic E-state index is 11.6. The number of hydrogen-bond acceptors (Lipinski definition) is 2. The molecule has 0 bridgehead atoms. The highest BCUT2D eigenvalue weighted by Gasteiger charge is 2.42. The summed E-state index contributed by atoms with van der Waals surface area (Å²) in [5.74, 6) is -0.547. The molecule has 4 rings (SSSR count). The SMILES string of the molecule is CCCN1C[C@H](C(=O)O)C[C@@H]2c3cccc4c3c(cn4C)C[C@H]21. The van der Waals surface area contributed by atoms with E-state index in [0.29, 0.717) is 18.5 Å². The number of carboxylic acids is 1. The maximum Gasteiger partial charge on any atom is 0.307 e. The molecule has 0 unspecified atom stereocenters. The highest BCUT2D eigenvalue weighted by molar-refractivity contribution is 5.89. The van der Waals surface area contributed by atoms with Crippen LogP contribution in [0.4, 0.5) is 0 Å². The van der Waals surface area contributed by atoms with Crippen molar-refractivity contribution in [2.75, 3.05) is 13.1 Å². The van der Waals surface area contributed by atoms with Gasteiger partial charge in [-0.1, -0.05) is 19.1 Å². The van der Waals surface area contributed by atoms with E-state index in [1.165, 1.54) is 22.0 Å². The standard InChI is InChI=1S/C19H24N2O2/c1-3-7-21-11-13(19(22)23)8-15-14-5-4-6-16-18(14)12(9-17(15)21)10-20(16)2/h4-6,10,13,15,17H,3,7-9,11H2,1-2H3,(H,22,23)/t13-,15-,17-/m1/s1. The van der Waals surface area contributed by atoms with Gasteiger partial charge in [-0.2, -0.15) is 0 Å². The number of aliphatic carboxylic acids is 1. The van der Waals surface area contributed by atoms with Gasteiger partial charge >= 0.3 is 5.97 Å². The number of carbonyl (C=O) groups is 1. The summed E-state index contributed by atoms with van der Waals surface area (Å²) in [6, 6.07) is 6.96. The Morgan fingerprint density at radius 3 is 2.96 bits per heavy atom. The number of fused-ring (bicyclic) bond motifs is 2. The Morgan fingerprint density at radius 2 is 2.22 bits per heavy atom. The Hall–Kier alpha value is -1.81. The van der Waals surface area contributed by atoms with Gasteiger partial charge in [0.25, 0.3) is 0 Å². The lowest BCUT2D eigenvalue weighted by molar-refractivity contribution is -0.144. The molecule has 1 aliphatic heterocycles. The third kappa shape index (κ3) is 2.19. The Labute approximate surface area is 136 Å². The first-order chi connectivity index (χ1) is 11.1. The van der Waals surface area contributed by atoms with E-state index in [4.69, 9.17) is 0 Å². The van der Waals surface area contributed by atoms with Gasteiger partial charge in [0.05, 0.1) is 5.92 Å². The first kappa shape index (κ1) is 14.8. The van der Waals surface area contributed by atoms with Gasteiger partial charge in [0.1, 0.15) is 0 Å². The highest BCUT2D eigenvalue weighted by atomic mass is 16.4. The number of benzene rings is 1. The molecule has 1 N–H and O–H groups in total. The van der Waals surface area contributed by atoms with Crippen molar-refractivity contribution in [3.63, 3.8) is 0 Å². The Kier molecular flexibility index (Phi) is 3.45. The van der Waals surface area contributed by atoms with Crippen molar-refractivity contribution in [2.24, 2.45) is 13.0 Å². The smallest absolute Gasteiger partial charge is 0.307 e. The van der Waals surface area contributed by atoms with E-state index in [1.807, 2.05) is 0 Å². The van der Waals surface area contributed by atoms with Crippen LogP contribution in [0.2, 0.25) is 0 Å². The van der Waals surface area contributed by atoms with Crippen molar-refractivity contribution in [1.29, 1.82) is 0 Å². The second-order valence-electron chi connectivity index (χ2n) is 7.15. The molecule has 4 nitrogen and oxygen atoms in total. The average molecular weight is 312 g/mol. The number of carboxylic acid groups (broad SMARTS) is 1.